The van der Waals surface area contributed by atoms with E-state index in [1.54, 1.807) is 6.21 Å². The molecule has 0 aliphatic heterocycles. The standard InChI is InChI=1S/C37H53F2NO2/c1-22(2)25-12-17-37(32(41)42)19-18-35(6)26(31(25)37)10-11-29-34(5)15-14-30(33(3,4)28(34)13-16-36(29,35)7)40-21-23-8-9-24(38)20-27(23)39/h8-9,20-22,25-26,28-31H,10-19H2,1-7H3,(H,41,42)/t25-,26?,28?,29?,30?,31?,34-,35+,36+,37-/m0/s1. The predicted molar refractivity (Wildman–Crippen MR) is 164 cm³/mol. The molecule has 1 aromatic carbocycles. The van der Waals surface area contributed by atoms with E-state index in [0.29, 0.717) is 41.1 Å². The van der Waals surface area contributed by atoms with Crippen LogP contribution in [0, 0.1) is 74.2 Å². The van der Waals surface area contributed by atoms with Gasteiger partial charge in [0.25, 0.3) is 0 Å². The molecule has 5 aliphatic rings. The topological polar surface area (TPSA) is 49.7 Å². The minimum absolute atomic E-state index is 0.0295. The Labute approximate surface area is 252 Å². The summed E-state index contributed by atoms with van der Waals surface area (Å²) in [4.78, 5) is 17.9. The maximum absolute atomic E-state index is 14.4. The van der Waals surface area contributed by atoms with Crippen molar-refractivity contribution in [2.24, 2.45) is 67.6 Å². The van der Waals surface area contributed by atoms with Crippen molar-refractivity contribution < 1.29 is 18.7 Å². The number of aliphatic imine (C=N–C) groups is 1. The van der Waals surface area contributed by atoms with Gasteiger partial charge in [-0.2, -0.15) is 0 Å². The van der Waals surface area contributed by atoms with Crippen LogP contribution in [0.3, 0.4) is 0 Å². The van der Waals surface area contributed by atoms with E-state index in [1.165, 1.54) is 25.0 Å². The first kappa shape index (κ1) is 30.3. The van der Waals surface area contributed by atoms with Crippen molar-refractivity contribution in [1.82, 2.24) is 0 Å². The van der Waals surface area contributed by atoms with Gasteiger partial charge in [-0.25, -0.2) is 8.78 Å². The third-order valence-electron chi connectivity index (χ3n) is 15.1. The molecule has 5 saturated carbocycles. The molecule has 232 valence electrons. The number of hydrogen-bond acceptors (Lipinski definition) is 2. The molecule has 42 heavy (non-hydrogen) atoms. The zero-order chi connectivity index (χ0) is 30.5. The minimum atomic E-state index is -0.564. The summed E-state index contributed by atoms with van der Waals surface area (Å²) in [5.41, 5.74) is 0.351. The highest BCUT2D eigenvalue weighted by atomic mass is 19.1. The summed E-state index contributed by atoms with van der Waals surface area (Å²) in [7, 11) is 0. The van der Waals surface area contributed by atoms with Gasteiger partial charge in [0.1, 0.15) is 11.6 Å². The van der Waals surface area contributed by atoms with E-state index < -0.39 is 23.0 Å². The first-order chi connectivity index (χ1) is 19.6. The van der Waals surface area contributed by atoms with E-state index in [9.17, 15) is 18.7 Å². The number of carboxylic acids is 1. The molecule has 0 amide bonds. The van der Waals surface area contributed by atoms with Crippen LogP contribution in [0.15, 0.2) is 23.2 Å². The summed E-state index contributed by atoms with van der Waals surface area (Å²) < 4.78 is 27.8. The second-order valence-electron chi connectivity index (χ2n) is 16.9. The summed E-state index contributed by atoms with van der Waals surface area (Å²) in [6.45, 7) is 17.1. The molecule has 5 fully saturated rings. The van der Waals surface area contributed by atoms with Crippen LogP contribution in [-0.4, -0.2) is 23.3 Å². The molecule has 0 spiro atoms. The Bertz CT molecular complexity index is 1270. The Morgan fingerprint density at radius 2 is 1.64 bits per heavy atom. The van der Waals surface area contributed by atoms with Crippen molar-refractivity contribution in [2.75, 3.05) is 0 Å². The third kappa shape index (κ3) is 3.99. The van der Waals surface area contributed by atoms with Gasteiger partial charge in [-0.05, 0) is 134 Å². The minimum Gasteiger partial charge on any atom is -0.481 e. The molecule has 0 heterocycles. The lowest BCUT2D eigenvalue weighted by atomic mass is 9.32. The van der Waals surface area contributed by atoms with Crippen molar-refractivity contribution in [2.45, 2.75) is 119 Å². The Morgan fingerprint density at radius 3 is 2.31 bits per heavy atom. The lowest BCUT2D eigenvalue weighted by Crippen LogP contribution is -2.67. The highest BCUT2D eigenvalue weighted by Gasteiger charge is 2.72. The fraction of sp³-hybridized carbons (Fsp3) is 0.784. The second-order valence-corrected chi connectivity index (χ2v) is 16.9. The number of nitrogens with zero attached hydrogens (tertiary/aromatic N) is 1. The van der Waals surface area contributed by atoms with Crippen molar-refractivity contribution in [1.29, 1.82) is 0 Å². The molecule has 1 aromatic rings. The number of halogens is 2. The van der Waals surface area contributed by atoms with E-state index in [1.807, 2.05) is 0 Å². The zero-order valence-corrected chi connectivity index (χ0v) is 27.0. The molecule has 5 unspecified atom stereocenters. The molecule has 3 nitrogen and oxygen atoms in total. The van der Waals surface area contributed by atoms with Crippen molar-refractivity contribution in [3.63, 3.8) is 0 Å². The molecule has 0 saturated heterocycles. The monoisotopic (exact) mass is 581 g/mol. The van der Waals surface area contributed by atoms with Crippen LogP contribution in [-0.2, 0) is 4.79 Å². The fourth-order valence-corrected chi connectivity index (χ4v) is 12.8. The maximum atomic E-state index is 14.4. The lowest BCUT2D eigenvalue weighted by molar-refractivity contribution is -0.241. The number of aliphatic carboxylic acids is 1. The summed E-state index contributed by atoms with van der Waals surface area (Å²) in [5, 5.41) is 10.6. The van der Waals surface area contributed by atoms with Crippen LogP contribution in [0.2, 0.25) is 0 Å². The quantitative estimate of drug-likeness (QED) is 0.360. The summed E-state index contributed by atoms with van der Waals surface area (Å²) in [5.74, 6) is 1.30. The Morgan fingerprint density at radius 1 is 0.905 bits per heavy atom. The first-order valence-electron chi connectivity index (χ1n) is 16.8. The highest BCUT2D eigenvalue weighted by Crippen LogP contribution is 2.77. The molecule has 1 N–H and O–H groups in total. The number of fused-ring (bicyclic) bond motifs is 7. The number of hydrogen-bond donors (Lipinski definition) is 1. The molecular formula is C37H53F2NO2. The number of carbonyl (C=O) groups is 1. The Kier molecular flexibility index (Phi) is 7.10. The molecule has 6 rings (SSSR count). The van der Waals surface area contributed by atoms with E-state index in [2.05, 4.69) is 48.5 Å². The number of benzene rings is 1. The van der Waals surface area contributed by atoms with Gasteiger partial charge in [-0.1, -0.05) is 48.5 Å². The number of carboxylic acid groups (broad SMARTS) is 1. The van der Waals surface area contributed by atoms with Crippen LogP contribution < -0.4 is 0 Å². The van der Waals surface area contributed by atoms with Crippen LogP contribution in [0.4, 0.5) is 8.78 Å². The molecule has 5 aliphatic carbocycles. The first-order valence-corrected chi connectivity index (χ1v) is 16.8. The summed E-state index contributed by atoms with van der Waals surface area (Å²) in [6, 6.07) is 3.82. The Balaban J connectivity index is 1.30. The molecule has 0 aromatic heterocycles. The molecular weight excluding hydrogens is 528 g/mol. The van der Waals surface area contributed by atoms with Crippen molar-refractivity contribution in [3.05, 3.63) is 35.4 Å². The van der Waals surface area contributed by atoms with Crippen molar-refractivity contribution >= 4 is 12.2 Å². The van der Waals surface area contributed by atoms with E-state index in [-0.39, 0.29) is 27.7 Å². The smallest absolute Gasteiger partial charge is 0.309 e. The fourth-order valence-electron chi connectivity index (χ4n) is 12.8. The van der Waals surface area contributed by atoms with Gasteiger partial charge in [-0.15, -0.1) is 0 Å². The van der Waals surface area contributed by atoms with Gasteiger partial charge >= 0.3 is 5.97 Å². The van der Waals surface area contributed by atoms with Crippen LogP contribution in [0.1, 0.15) is 118 Å². The Hall–Kier alpha value is -1.78. The van der Waals surface area contributed by atoms with Gasteiger partial charge < -0.3 is 5.11 Å². The normalized spacial score (nSPS) is 46.1. The summed E-state index contributed by atoms with van der Waals surface area (Å²) in [6.07, 6.45) is 12.3. The van der Waals surface area contributed by atoms with Gasteiger partial charge in [0, 0.05) is 17.8 Å². The highest BCUT2D eigenvalue weighted by molar-refractivity contribution is 5.80. The van der Waals surface area contributed by atoms with E-state index >= 15 is 0 Å². The number of rotatable bonds is 4. The predicted octanol–water partition coefficient (Wildman–Crippen LogP) is 9.57. The second kappa shape index (κ2) is 9.86. The van der Waals surface area contributed by atoms with Gasteiger partial charge in [0.15, 0.2) is 0 Å². The van der Waals surface area contributed by atoms with Gasteiger partial charge in [0.05, 0.1) is 11.5 Å². The van der Waals surface area contributed by atoms with Gasteiger partial charge in [0.2, 0.25) is 0 Å². The van der Waals surface area contributed by atoms with Crippen LogP contribution in [0.25, 0.3) is 0 Å². The molecule has 10 atom stereocenters. The van der Waals surface area contributed by atoms with Crippen molar-refractivity contribution in [3.8, 4) is 0 Å². The third-order valence-corrected chi connectivity index (χ3v) is 15.1. The van der Waals surface area contributed by atoms with Gasteiger partial charge in [-0.3, -0.25) is 9.79 Å². The van der Waals surface area contributed by atoms with Crippen LogP contribution >= 0.6 is 0 Å². The maximum Gasteiger partial charge on any atom is 0.309 e. The average molecular weight is 582 g/mol. The molecule has 0 bridgehead atoms. The average Bonchev–Trinajstić information content (AvgIpc) is 3.31. The lowest BCUT2D eigenvalue weighted by Gasteiger charge is -2.72. The zero-order valence-electron chi connectivity index (χ0n) is 27.0. The van der Waals surface area contributed by atoms with E-state index in [0.717, 1.165) is 57.4 Å². The van der Waals surface area contributed by atoms with E-state index in [4.69, 9.17) is 4.99 Å². The van der Waals surface area contributed by atoms with Crippen LogP contribution in [0.5, 0.6) is 0 Å². The molecule has 5 heteroatoms. The summed E-state index contributed by atoms with van der Waals surface area (Å²) >= 11 is 0. The SMILES string of the molecule is CC(C)[C@@H]1CC[C@]2(C(=O)O)CC[C@]3(C)C(CCC4[C@@]5(C)CCC(N=Cc6ccc(F)cc6F)C(C)(C)C5CC[C@]43C)C12. The largest absolute Gasteiger partial charge is 0.481 e. The molecule has 0 radical (unpaired) electrons.